The topological polar surface area (TPSA) is 19.6 Å². The van der Waals surface area contributed by atoms with Gasteiger partial charge in [0.1, 0.15) is 11.4 Å². The highest BCUT2D eigenvalue weighted by Gasteiger charge is 2.44. The lowest BCUT2D eigenvalue weighted by Crippen LogP contribution is -2.61. The van der Waals surface area contributed by atoms with Crippen LogP contribution in [0.4, 0.5) is 38.5 Å². The van der Waals surface area contributed by atoms with Gasteiger partial charge < -0.3 is 14.2 Å². The molecule has 0 amide bonds. The van der Waals surface area contributed by atoms with E-state index in [4.69, 9.17) is 4.42 Å². The van der Waals surface area contributed by atoms with Crippen molar-refractivity contribution in [1.29, 1.82) is 0 Å². The van der Waals surface area contributed by atoms with E-state index in [9.17, 15) is 0 Å². The van der Waals surface area contributed by atoms with Crippen molar-refractivity contribution in [2.45, 2.75) is 13.3 Å². The molecule has 10 rings (SSSR count). The highest BCUT2D eigenvalue weighted by Crippen LogP contribution is 2.49. The number of hydrogen-bond acceptors (Lipinski definition) is 4. The van der Waals surface area contributed by atoms with Crippen molar-refractivity contribution < 1.29 is 8.81 Å². The third-order valence-corrected chi connectivity index (χ3v) is 11.1. The lowest BCUT2D eigenvalue weighted by molar-refractivity contribution is 0.615. The molecule has 0 spiro atoms. The van der Waals surface area contributed by atoms with Gasteiger partial charge in [-0.3, -0.25) is 0 Å². The van der Waals surface area contributed by atoms with Crippen molar-refractivity contribution in [2.75, 3.05) is 9.80 Å². The lowest BCUT2D eigenvalue weighted by atomic mass is 9.33. The number of thiophene rings is 1. The normalized spacial score (nSPS) is 13.4. The minimum Gasteiger partial charge on any atom is -0.464 e. The highest BCUT2D eigenvalue weighted by molar-refractivity contribution is 7.27. The molecule has 218 valence electrons. The van der Waals surface area contributed by atoms with E-state index in [1.54, 1.807) is 12.3 Å². The first-order valence-corrected chi connectivity index (χ1v) is 16.5. The van der Waals surface area contributed by atoms with E-state index in [0.717, 1.165) is 45.6 Å². The number of rotatable bonds is 3. The summed E-state index contributed by atoms with van der Waals surface area (Å²) >= 11 is 1.90. The van der Waals surface area contributed by atoms with Crippen LogP contribution in [0.15, 0.2) is 132 Å². The van der Waals surface area contributed by atoms with Crippen molar-refractivity contribution in [3.8, 4) is 0 Å². The zero-order valence-corrected chi connectivity index (χ0v) is 25.8. The second-order valence-corrected chi connectivity index (χ2v) is 13.1. The summed E-state index contributed by atoms with van der Waals surface area (Å²) in [6.45, 7) is 2.18. The van der Waals surface area contributed by atoms with Crippen molar-refractivity contribution in [3.05, 3.63) is 139 Å². The Morgan fingerprint density at radius 1 is 0.674 bits per heavy atom. The molecule has 8 aromatic rings. The molecule has 2 aromatic heterocycles. The highest BCUT2D eigenvalue weighted by atomic mass is 32.1. The Balaban J connectivity index is 1.37. The first-order chi connectivity index (χ1) is 22.7. The van der Waals surface area contributed by atoms with Gasteiger partial charge in [-0.05, 0) is 70.8 Å². The molecule has 6 aromatic carbocycles. The zero-order chi connectivity index (χ0) is 30.5. The van der Waals surface area contributed by atoms with E-state index >= 15 is 4.39 Å². The predicted octanol–water partition coefficient (Wildman–Crippen LogP) is 9.58. The second-order valence-electron chi connectivity index (χ2n) is 12.1. The molecule has 6 heteroatoms. The van der Waals surface area contributed by atoms with Gasteiger partial charge >= 0.3 is 0 Å². The van der Waals surface area contributed by atoms with Crippen LogP contribution in [0.3, 0.4) is 0 Å². The van der Waals surface area contributed by atoms with Crippen LogP contribution in [0.1, 0.15) is 12.5 Å². The second kappa shape index (κ2) is 9.59. The van der Waals surface area contributed by atoms with Crippen molar-refractivity contribution in [2.24, 2.45) is 0 Å². The third-order valence-electron chi connectivity index (χ3n) is 9.76. The molecule has 0 saturated carbocycles. The van der Waals surface area contributed by atoms with Gasteiger partial charge in [0.15, 0.2) is 0 Å². The molecule has 2 aliphatic rings. The molecule has 0 saturated heterocycles. The summed E-state index contributed by atoms with van der Waals surface area (Å²) in [6.07, 6.45) is 2.73. The van der Waals surface area contributed by atoms with Gasteiger partial charge in [-0.2, -0.15) is 0 Å². The number of hydrogen-bond donors (Lipinski definition) is 0. The summed E-state index contributed by atoms with van der Waals surface area (Å²) in [5.74, 6) is -0.265. The Kier molecular flexibility index (Phi) is 5.41. The van der Waals surface area contributed by atoms with E-state index in [0.29, 0.717) is 5.69 Å². The maximum absolute atomic E-state index is 15.8. The molecule has 0 atom stereocenters. The van der Waals surface area contributed by atoms with Gasteiger partial charge in [-0.15, -0.1) is 11.3 Å². The zero-order valence-electron chi connectivity index (χ0n) is 25.0. The molecule has 46 heavy (non-hydrogen) atoms. The number of furan rings is 1. The van der Waals surface area contributed by atoms with Gasteiger partial charge in [0.2, 0.25) is 0 Å². The van der Waals surface area contributed by atoms with Crippen LogP contribution in [0, 0.1) is 5.82 Å². The Labute approximate surface area is 269 Å². The largest absolute Gasteiger partial charge is 0.464 e. The quantitative estimate of drug-likeness (QED) is 0.185. The lowest BCUT2D eigenvalue weighted by Gasteiger charge is -2.44. The number of fused-ring (bicyclic) bond motifs is 9. The van der Waals surface area contributed by atoms with Crippen LogP contribution < -0.4 is 26.2 Å². The Bertz CT molecular complexity index is 2520. The maximum Gasteiger partial charge on any atom is 0.252 e. The molecule has 0 unspecified atom stereocenters. The Hall–Kier alpha value is -5.33. The summed E-state index contributed by atoms with van der Waals surface area (Å²) in [6, 6.07) is 41.9. The SMILES string of the molecule is CCc1cccc2c1sc1c3c(ccc12)B1c2cc4ccoc4cc2N(c2ccccc2F)c2cccc(c21)N3c1ccccc1. The fourth-order valence-corrected chi connectivity index (χ4v) is 9.23. The molecule has 4 heterocycles. The molecular formula is C40H26BFN2OS. The number of nitrogens with zero attached hydrogens (tertiary/aromatic N) is 2. The van der Waals surface area contributed by atoms with Crippen LogP contribution in [0.5, 0.6) is 0 Å². The van der Waals surface area contributed by atoms with Crippen LogP contribution in [0.25, 0.3) is 31.1 Å². The van der Waals surface area contributed by atoms with Gasteiger partial charge in [0.25, 0.3) is 6.71 Å². The Morgan fingerprint density at radius 2 is 1.43 bits per heavy atom. The van der Waals surface area contributed by atoms with E-state index in [-0.39, 0.29) is 12.5 Å². The monoisotopic (exact) mass is 612 g/mol. The number of benzene rings is 6. The fourth-order valence-electron chi connectivity index (χ4n) is 7.80. The van der Waals surface area contributed by atoms with Crippen LogP contribution in [-0.2, 0) is 6.42 Å². The van der Waals surface area contributed by atoms with E-state index in [1.165, 1.54) is 48.4 Å². The molecule has 0 aliphatic carbocycles. The summed E-state index contributed by atoms with van der Waals surface area (Å²) in [5.41, 5.74) is 11.6. The molecular weight excluding hydrogens is 586 g/mol. The number of para-hydroxylation sites is 2. The smallest absolute Gasteiger partial charge is 0.252 e. The average molecular weight is 613 g/mol. The van der Waals surface area contributed by atoms with Crippen molar-refractivity contribution >= 4 is 99.7 Å². The first-order valence-electron chi connectivity index (χ1n) is 15.7. The summed E-state index contributed by atoms with van der Waals surface area (Å²) < 4.78 is 24.3. The molecule has 0 bridgehead atoms. The third kappa shape index (κ3) is 3.42. The predicted molar refractivity (Wildman–Crippen MR) is 192 cm³/mol. The standard InChI is InChI=1S/C40H26BFN2OS/c1-2-24-10-8-13-27-28-18-19-29-38(40(28)46-39(24)27)43(26-11-4-3-5-12-26)33-16-9-17-34-37(33)41(29)30-22-25-20-21-45-36(25)23-35(30)44(34)32-15-7-6-14-31(32)42/h3-23H,2H2,1H3. The van der Waals surface area contributed by atoms with Gasteiger partial charge in [-0.1, -0.05) is 79.7 Å². The van der Waals surface area contributed by atoms with Gasteiger partial charge in [0, 0.05) is 49.7 Å². The van der Waals surface area contributed by atoms with Gasteiger partial charge in [-0.25, -0.2) is 4.39 Å². The summed E-state index contributed by atoms with van der Waals surface area (Å²) in [7, 11) is 0. The van der Waals surface area contributed by atoms with Crippen molar-refractivity contribution in [3.63, 3.8) is 0 Å². The van der Waals surface area contributed by atoms with E-state index in [2.05, 4.69) is 108 Å². The first kappa shape index (κ1) is 25.9. The summed E-state index contributed by atoms with van der Waals surface area (Å²) in [5, 5.41) is 3.63. The number of anilines is 6. The minimum atomic E-state index is -0.265. The fraction of sp³-hybridized carbons (Fsp3) is 0.0500. The van der Waals surface area contributed by atoms with E-state index in [1.807, 2.05) is 29.5 Å². The maximum atomic E-state index is 15.8. The average Bonchev–Trinajstić information content (AvgIpc) is 3.72. The van der Waals surface area contributed by atoms with Crippen LogP contribution in [-0.4, -0.2) is 6.71 Å². The molecule has 2 aliphatic heterocycles. The van der Waals surface area contributed by atoms with E-state index < -0.39 is 0 Å². The molecule has 3 nitrogen and oxygen atoms in total. The van der Waals surface area contributed by atoms with Crippen LogP contribution in [0.2, 0.25) is 0 Å². The number of aryl methyl sites for hydroxylation is 1. The summed E-state index contributed by atoms with van der Waals surface area (Å²) in [4.78, 5) is 4.52. The number of halogens is 1. The molecule has 0 fully saturated rings. The van der Waals surface area contributed by atoms with Gasteiger partial charge in [0.05, 0.1) is 22.3 Å². The molecule has 0 N–H and O–H groups in total. The van der Waals surface area contributed by atoms with Crippen molar-refractivity contribution in [1.82, 2.24) is 0 Å². The van der Waals surface area contributed by atoms with Crippen LogP contribution >= 0.6 is 11.3 Å². The Morgan fingerprint density at radius 3 is 2.28 bits per heavy atom. The molecule has 0 radical (unpaired) electrons. The minimum absolute atomic E-state index is 0.0567.